The Labute approximate surface area is 264 Å². The van der Waals surface area contributed by atoms with E-state index in [9.17, 15) is 24.3 Å². The van der Waals surface area contributed by atoms with Crippen molar-refractivity contribution in [3.05, 3.63) is 59.8 Å². The highest BCUT2D eigenvalue weighted by Crippen LogP contribution is 2.42. The fourth-order valence-electron chi connectivity index (χ4n) is 5.34. The molecule has 1 N–H and O–H groups in total. The molecule has 0 saturated heterocycles. The first kappa shape index (κ1) is 34.9. The Balaban J connectivity index is 2.37. The normalized spacial score (nSPS) is 16.2. The third-order valence-electron chi connectivity index (χ3n) is 7.30. The molecule has 0 spiro atoms. The number of benzene rings is 2. The number of methoxy groups -OCH3 is 3. The van der Waals surface area contributed by atoms with E-state index in [4.69, 9.17) is 18.9 Å². The van der Waals surface area contributed by atoms with Crippen LogP contribution >= 0.6 is 0 Å². The number of amides is 3. The number of carbonyl (C=O) groups excluding carboxylic acids is 4. The van der Waals surface area contributed by atoms with Gasteiger partial charge in [0, 0.05) is 25.6 Å². The van der Waals surface area contributed by atoms with Gasteiger partial charge in [-0.3, -0.25) is 14.4 Å². The zero-order valence-electron chi connectivity index (χ0n) is 27.3. The quantitative estimate of drug-likeness (QED) is 0.352. The van der Waals surface area contributed by atoms with Gasteiger partial charge in [0.15, 0.2) is 17.6 Å². The molecule has 3 rings (SSSR count). The van der Waals surface area contributed by atoms with Gasteiger partial charge in [-0.05, 0) is 43.9 Å². The van der Waals surface area contributed by atoms with E-state index in [1.165, 1.54) is 46.3 Å². The molecule has 3 atom stereocenters. The van der Waals surface area contributed by atoms with Gasteiger partial charge in [-0.25, -0.2) is 14.8 Å². The first-order valence-electron chi connectivity index (χ1n) is 14.6. The zero-order valence-corrected chi connectivity index (χ0v) is 27.3. The number of hydrogen-bond acceptors (Lipinski definition) is 9. The number of nitrogens with zero attached hydrogens (tertiary/aromatic N) is 3. The van der Waals surface area contributed by atoms with Crippen molar-refractivity contribution in [1.82, 2.24) is 14.9 Å². The molecule has 1 aliphatic heterocycles. The number of esters is 1. The summed E-state index contributed by atoms with van der Waals surface area (Å²) in [6.07, 6.45) is -0.919. The molecule has 1 heterocycles. The highest BCUT2D eigenvalue weighted by molar-refractivity contribution is 5.98. The molecule has 0 fully saturated rings. The van der Waals surface area contributed by atoms with E-state index in [1.807, 2.05) is 6.07 Å². The summed E-state index contributed by atoms with van der Waals surface area (Å²) in [6, 6.07) is 9.82. The van der Waals surface area contributed by atoms with Gasteiger partial charge in [0.2, 0.25) is 17.6 Å². The van der Waals surface area contributed by atoms with Gasteiger partial charge in [0.1, 0.15) is 6.04 Å². The molecule has 2 aromatic carbocycles. The maximum absolute atomic E-state index is 14.6. The Morgan fingerprint density at radius 1 is 0.933 bits per heavy atom. The number of hydrazine groups is 1. The van der Waals surface area contributed by atoms with Crippen molar-refractivity contribution in [3.63, 3.8) is 0 Å². The molecule has 0 saturated carbocycles. The molecule has 244 valence electrons. The molecule has 2 unspecified atom stereocenters. The Bertz CT molecular complexity index is 1400. The number of aliphatic hydroxyl groups is 1. The van der Waals surface area contributed by atoms with Crippen molar-refractivity contribution in [2.75, 3.05) is 21.3 Å². The smallest absolute Gasteiger partial charge is 0.337 e. The fraction of sp³-hybridized carbons (Fsp3) is 0.455. The minimum Gasteiger partial charge on any atom is -0.493 e. The SMILES string of the molecule is COc1cc(C2=CN(C(C)=O)C(C(C)C)C(=O)N2N(C(C)=O)[C@@H](Cc2ccccc2)C(O)C(=O)OC(C)C)cc(OC)c1OC. The summed E-state index contributed by atoms with van der Waals surface area (Å²) < 4.78 is 21.9. The molecule has 12 heteroatoms. The number of hydrogen-bond donors (Lipinski definition) is 1. The van der Waals surface area contributed by atoms with Crippen LogP contribution in [0.5, 0.6) is 17.2 Å². The average molecular weight is 626 g/mol. The zero-order chi connectivity index (χ0) is 33.6. The summed E-state index contributed by atoms with van der Waals surface area (Å²) >= 11 is 0. The van der Waals surface area contributed by atoms with Crippen LogP contribution in [0.25, 0.3) is 5.70 Å². The summed E-state index contributed by atoms with van der Waals surface area (Å²) in [5.74, 6) is -2.18. The van der Waals surface area contributed by atoms with Gasteiger partial charge in [-0.1, -0.05) is 44.2 Å². The summed E-state index contributed by atoms with van der Waals surface area (Å²) in [5.41, 5.74) is 1.12. The van der Waals surface area contributed by atoms with Crippen LogP contribution < -0.4 is 14.2 Å². The molecule has 2 aromatic rings. The molecule has 0 aliphatic carbocycles. The fourth-order valence-corrected chi connectivity index (χ4v) is 5.34. The van der Waals surface area contributed by atoms with Crippen LogP contribution in [-0.4, -0.2) is 89.3 Å². The molecule has 45 heavy (non-hydrogen) atoms. The van der Waals surface area contributed by atoms with Crippen molar-refractivity contribution in [2.45, 2.75) is 72.3 Å². The number of ether oxygens (including phenoxy) is 4. The number of carbonyl (C=O) groups is 4. The van der Waals surface area contributed by atoms with Crippen LogP contribution in [0.15, 0.2) is 48.7 Å². The predicted molar refractivity (Wildman–Crippen MR) is 166 cm³/mol. The first-order chi connectivity index (χ1) is 21.3. The number of aliphatic hydroxyl groups excluding tert-OH is 1. The lowest BCUT2D eigenvalue weighted by atomic mass is 9.96. The lowest BCUT2D eigenvalue weighted by molar-refractivity contribution is -0.178. The Kier molecular flexibility index (Phi) is 11.6. The van der Waals surface area contributed by atoms with Crippen molar-refractivity contribution in [2.24, 2.45) is 5.92 Å². The van der Waals surface area contributed by atoms with Gasteiger partial charge in [-0.2, -0.15) is 0 Å². The van der Waals surface area contributed by atoms with E-state index in [2.05, 4.69) is 0 Å². The highest BCUT2D eigenvalue weighted by Gasteiger charge is 2.47. The van der Waals surface area contributed by atoms with E-state index >= 15 is 0 Å². The predicted octanol–water partition coefficient (Wildman–Crippen LogP) is 3.41. The average Bonchev–Trinajstić information content (AvgIpc) is 2.99. The maximum Gasteiger partial charge on any atom is 0.337 e. The van der Waals surface area contributed by atoms with Crippen LogP contribution in [0.3, 0.4) is 0 Å². The van der Waals surface area contributed by atoms with E-state index in [1.54, 1.807) is 64.1 Å². The van der Waals surface area contributed by atoms with Gasteiger partial charge < -0.3 is 29.0 Å². The lowest BCUT2D eigenvalue weighted by Crippen LogP contribution is -2.64. The van der Waals surface area contributed by atoms with Gasteiger partial charge in [-0.15, -0.1) is 0 Å². The minimum atomic E-state index is -1.84. The second-order valence-corrected chi connectivity index (χ2v) is 11.2. The van der Waals surface area contributed by atoms with E-state index in [0.29, 0.717) is 16.9 Å². The third kappa shape index (κ3) is 7.56. The van der Waals surface area contributed by atoms with E-state index in [0.717, 1.165) is 10.0 Å². The van der Waals surface area contributed by atoms with E-state index < -0.39 is 48.0 Å². The van der Waals surface area contributed by atoms with Crippen molar-refractivity contribution in [3.8, 4) is 17.2 Å². The number of rotatable bonds is 12. The summed E-state index contributed by atoms with van der Waals surface area (Å²) in [7, 11) is 4.32. The summed E-state index contributed by atoms with van der Waals surface area (Å²) in [5, 5.41) is 13.7. The van der Waals surface area contributed by atoms with Crippen molar-refractivity contribution in [1.29, 1.82) is 0 Å². The molecular formula is C33H43N3O9. The largest absolute Gasteiger partial charge is 0.493 e. The molecular weight excluding hydrogens is 582 g/mol. The second kappa shape index (κ2) is 14.9. The Morgan fingerprint density at radius 2 is 1.51 bits per heavy atom. The van der Waals surface area contributed by atoms with Crippen molar-refractivity contribution < 1.29 is 43.2 Å². The summed E-state index contributed by atoms with van der Waals surface area (Å²) in [6.45, 7) is 9.42. The molecule has 0 bridgehead atoms. The molecule has 0 aromatic heterocycles. The van der Waals surface area contributed by atoms with Crippen LogP contribution in [0.1, 0.15) is 52.7 Å². The maximum atomic E-state index is 14.6. The Morgan fingerprint density at radius 3 is 1.96 bits per heavy atom. The third-order valence-corrected chi connectivity index (χ3v) is 7.30. The van der Waals surface area contributed by atoms with Crippen LogP contribution in [0, 0.1) is 5.92 Å². The molecule has 0 radical (unpaired) electrons. The lowest BCUT2D eigenvalue weighted by Gasteiger charge is -2.47. The molecule has 12 nitrogen and oxygen atoms in total. The highest BCUT2D eigenvalue weighted by atomic mass is 16.6. The Hall–Kier alpha value is -4.58. The second-order valence-electron chi connectivity index (χ2n) is 11.2. The summed E-state index contributed by atoms with van der Waals surface area (Å²) in [4.78, 5) is 55.7. The standard InChI is InChI=1S/C33H43N3O9/c1-19(2)29-32(40)36(26(18-34(29)21(5)37)24-16-27(42-7)31(44-9)28(17-24)43-8)35(22(6)38)25(15-23-13-11-10-12-14-23)30(39)33(41)45-20(3)4/h10-14,16-20,25,29-30,39H,15H2,1-9H3/t25-,29?,30?/m0/s1. The van der Waals surface area contributed by atoms with Crippen LogP contribution in [0.2, 0.25) is 0 Å². The monoisotopic (exact) mass is 625 g/mol. The molecule has 1 aliphatic rings. The van der Waals surface area contributed by atoms with Crippen LogP contribution in [0.4, 0.5) is 0 Å². The van der Waals surface area contributed by atoms with Gasteiger partial charge >= 0.3 is 5.97 Å². The van der Waals surface area contributed by atoms with Gasteiger partial charge in [0.05, 0.1) is 39.2 Å². The van der Waals surface area contributed by atoms with Crippen molar-refractivity contribution >= 4 is 29.4 Å². The van der Waals surface area contributed by atoms with Gasteiger partial charge in [0.25, 0.3) is 5.91 Å². The topological polar surface area (TPSA) is 135 Å². The van der Waals surface area contributed by atoms with Crippen LogP contribution in [-0.2, 0) is 30.3 Å². The first-order valence-corrected chi connectivity index (χ1v) is 14.6. The minimum absolute atomic E-state index is 0.0101. The van der Waals surface area contributed by atoms with E-state index in [-0.39, 0.29) is 29.5 Å². The molecule has 3 amide bonds.